The molecule has 0 bridgehead atoms. The molecule has 1 aliphatic rings. The van der Waals surface area contributed by atoms with Gasteiger partial charge < -0.3 is 15.6 Å². The van der Waals surface area contributed by atoms with Gasteiger partial charge in [-0.1, -0.05) is 29.8 Å². The van der Waals surface area contributed by atoms with E-state index < -0.39 is 17.4 Å². The van der Waals surface area contributed by atoms with Crippen molar-refractivity contribution in [2.24, 2.45) is 5.92 Å². The molecule has 3 N–H and O–H groups in total. The Morgan fingerprint density at radius 3 is 2.66 bits per heavy atom. The summed E-state index contributed by atoms with van der Waals surface area (Å²) < 4.78 is 30.4. The third-order valence-electron chi connectivity index (χ3n) is 7.11. The first-order valence-corrected chi connectivity index (χ1v) is 12.8. The molecule has 5 rings (SSSR count). The molecule has 194 valence electrons. The van der Waals surface area contributed by atoms with E-state index in [1.807, 2.05) is 36.4 Å². The summed E-state index contributed by atoms with van der Waals surface area (Å²) in [5.74, 6) is -0.206. The maximum absolute atomic E-state index is 15.7. The van der Waals surface area contributed by atoms with Gasteiger partial charge in [-0.3, -0.25) is 0 Å². The highest BCUT2D eigenvalue weighted by Crippen LogP contribution is 2.45. The number of hydrogen-bond acceptors (Lipinski definition) is 4. The van der Waals surface area contributed by atoms with E-state index in [1.54, 1.807) is 26.0 Å². The first kappa shape index (κ1) is 25.7. The number of benzene rings is 3. The topological polar surface area (TPSA) is 81.7 Å². The first-order chi connectivity index (χ1) is 18.1. The van der Waals surface area contributed by atoms with Crippen molar-refractivity contribution in [1.82, 2.24) is 9.97 Å². The quantitative estimate of drug-likeness (QED) is 0.272. The van der Waals surface area contributed by atoms with Crippen molar-refractivity contribution < 1.29 is 8.78 Å². The van der Waals surface area contributed by atoms with Crippen molar-refractivity contribution in [3.05, 3.63) is 100.0 Å². The smallest absolute Gasteiger partial charge is 0.139 e. The molecule has 1 atom stereocenters. The fraction of sp³-hybridized carbons (Fsp3) is 0.267. The molecule has 0 spiro atoms. The monoisotopic (exact) mass is 531 g/mol. The summed E-state index contributed by atoms with van der Waals surface area (Å²) in [6.45, 7) is 4.29. The summed E-state index contributed by atoms with van der Waals surface area (Å²) in [4.78, 5) is 9.31. The Hall–Kier alpha value is -3.89. The zero-order chi connectivity index (χ0) is 27.0. The Balaban J connectivity index is 1.41. The minimum absolute atomic E-state index is 0.0416. The van der Waals surface area contributed by atoms with E-state index in [4.69, 9.17) is 17.3 Å². The largest absolute Gasteiger partial charge is 0.384 e. The zero-order valence-electron chi connectivity index (χ0n) is 21.2. The number of nitrogens with one attached hydrogen (secondary N) is 1. The molecule has 1 fully saturated rings. The lowest BCUT2D eigenvalue weighted by Crippen LogP contribution is -2.53. The molecular formula is C30H28ClF2N5. The van der Waals surface area contributed by atoms with Crippen LogP contribution in [0.25, 0.3) is 11.4 Å². The van der Waals surface area contributed by atoms with Crippen molar-refractivity contribution in [1.29, 1.82) is 5.26 Å². The Kier molecular flexibility index (Phi) is 6.85. The maximum atomic E-state index is 15.7. The SMILES string of the molecule is CC(C)(F)[C@H](c1cc(F)cc(-c2ncc(N)[nH]2)c1)C1CN(c2cc(Cl)ccc2Cc2cccc(C#N)c2)C1. The molecule has 0 amide bonds. The Bertz CT molecular complexity index is 1510. The number of halogens is 3. The van der Waals surface area contributed by atoms with E-state index in [-0.39, 0.29) is 5.92 Å². The van der Waals surface area contributed by atoms with Crippen LogP contribution in [0.15, 0.2) is 66.9 Å². The normalized spacial score (nSPS) is 14.7. The highest BCUT2D eigenvalue weighted by molar-refractivity contribution is 6.30. The first-order valence-electron chi connectivity index (χ1n) is 12.4. The molecular weight excluding hydrogens is 504 g/mol. The minimum atomic E-state index is -1.58. The molecule has 0 unspecified atom stereocenters. The van der Waals surface area contributed by atoms with Gasteiger partial charge in [-0.2, -0.15) is 5.26 Å². The van der Waals surface area contributed by atoms with Crippen molar-refractivity contribution in [2.45, 2.75) is 31.9 Å². The molecule has 4 aromatic rings. The van der Waals surface area contributed by atoms with Crippen LogP contribution < -0.4 is 10.6 Å². The lowest BCUT2D eigenvalue weighted by atomic mass is 9.72. The summed E-state index contributed by atoms with van der Waals surface area (Å²) in [5, 5.41) is 9.87. The zero-order valence-corrected chi connectivity index (χ0v) is 21.9. The van der Waals surface area contributed by atoms with Crippen molar-refractivity contribution in [3.63, 3.8) is 0 Å². The van der Waals surface area contributed by atoms with E-state index in [1.165, 1.54) is 18.3 Å². The number of rotatable bonds is 7. The number of aromatic nitrogens is 2. The molecule has 0 aliphatic carbocycles. The van der Waals surface area contributed by atoms with Gasteiger partial charge in [-0.05, 0) is 79.4 Å². The van der Waals surface area contributed by atoms with Crippen molar-refractivity contribution >= 4 is 23.1 Å². The second kappa shape index (κ2) is 10.1. The second-order valence-corrected chi connectivity index (χ2v) is 10.9. The van der Waals surface area contributed by atoms with E-state index >= 15 is 4.39 Å². The molecule has 38 heavy (non-hydrogen) atoms. The predicted molar refractivity (Wildman–Crippen MR) is 147 cm³/mol. The van der Waals surface area contributed by atoms with Crippen LogP contribution in [0, 0.1) is 23.1 Å². The van der Waals surface area contributed by atoms with Gasteiger partial charge in [0.1, 0.15) is 23.1 Å². The number of hydrogen-bond donors (Lipinski definition) is 2. The number of aromatic amines is 1. The highest BCUT2D eigenvalue weighted by atomic mass is 35.5. The van der Waals surface area contributed by atoms with Gasteiger partial charge in [0.05, 0.1) is 17.8 Å². The van der Waals surface area contributed by atoms with Crippen molar-refractivity contribution in [3.8, 4) is 17.5 Å². The summed E-state index contributed by atoms with van der Waals surface area (Å²) >= 11 is 6.37. The maximum Gasteiger partial charge on any atom is 0.139 e. The number of alkyl halides is 1. The Morgan fingerprint density at radius 1 is 1.18 bits per heavy atom. The van der Waals surface area contributed by atoms with E-state index in [2.05, 4.69) is 20.9 Å². The standard InChI is InChI=1S/C30H28ClF2N5/c1-30(2,33)28(21-10-22(12-25(32)11-21)29-36-15-27(35)37-29)23-16-38(17-23)26-13-24(31)7-6-20(26)9-18-4-3-5-19(8-18)14-34/h3-8,10-13,15,23,28H,9,16-17,35H2,1-2H3,(H,36,37)/t28-/m1/s1. The molecule has 5 nitrogen and oxygen atoms in total. The van der Waals surface area contributed by atoms with Gasteiger partial charge in [0.25, 0.3) is 0 Å². The van der Waals surface area contributed by atoms with Gasteiger partial charge in [0.15, 0.2) is 0 Å². The number of nitriles is 1. The molecule has 8 heteroatoms. The fourth-order valence-corrected chi connectivity index (χ4v) is 5.68. The number of anilines is 2. The highest BCUT2D eigenvalue weighted by Gasteiger charge is 2.43. The second-order valence-electron chi connectivity index (χ2n) is 10.4. The third-order valence-corrected chi connectivity index (χ3v) is 7.34. The van der Waals surface area contributed by atoms with Crippen LogP contribution in [-0.2, 0) is 6.42 Å². The van der Waals surface area contributed by atoms with Gasteiger partial charge in [0.2, 0.25) is 0 Å². The van der Waals surface area contributed by atoms with Gasteiger partial charge in [-0.15, -0.1) is 0 Å². The molecule has 0 radical (unpaired) electrons. The number of imidazole rings is 1. The lowest BCUT2D eigenvalue weighted by molar-refractivity contribution is 0.118. The van der Waals surface area contributed by atoms with Crippen LogP contribution in [-0.4, -0.2) is 28.7 Å². The van der Waals surface area contributed by atoms with Crippen LogP contribution in [0.5, 0.6) is 0 Å². The van der Waals surface area contributed by atoms with Gasteiger partial charge in [0, 0.05) is 41.2 Å². The minimum Gasteiger partial charge on any atom is -0.384 e. The molecule has 1 aromatic heterocycles. The molecule has 3 aromatic carbocycles. The van der Waals surface area contributed by atoms with Crippen LogP contribution in [0.2, 0.25) is 5.02 Å². The average molecular weight is 532 g/mol. The summed E-state index contributed by atoms with van der Waals surface area (Å²) in [5.41, 5.74) is 8.98. The summed E-state index contributed by atoms with van der Waals surface area (Å²) in [6.07, 6.45) is 2.11. The van der Waals surface area contributed by atoms with Crippen LogP contribution in [0.3, 0.4) is 0 Å². The third kappa shape index (κ3) is 5.36. The molecule has 1 aliphatic heterocycles. The van der Waals surface area contributed by atoms with Crippen LogP contribution in [0.1, 0.15) is 42.0 Å². The van der Waals surface area contributed by atoms with E-state index in [0.29, 0.717) is 52.9 Å². The van der Waals surface area contributed by atoms with Crippen molar-refractivity contribution in [2.75, 3.05) is 23.7 Å². The predicted octanol–water partition coefficient (Wildman–Crippen LogP) is 6.88. The number of H-pyrrole nitrogens is 1. The fourth-order valence-electron chi connectivity index (χ4n) is 5.51. The average Bonchev–Trinajstić information content (AvgIpc) is 3.27. The molecule has 2 heterocycles. The van der Waals surface area contributed by atoms with Gasteiger partial charge in [-0.25, -0.2) is 13.8 Å². The Labute approximate surface area is 225 Å². The summed E-state index contributed by atoms with van der Waals surface area (Å²) in [7, 11) is 0. The van der Waals surface area contributed by atoms with Gasteiger partial charge >= 0.3 is 0 Å². The number of nitrogens with zero attached hydrogens (tertiary/aromatic N) is 3. The summed E-state index contributed by atoms with van der Waals surface area (Å²) in [6, 6.07) is 20.1. The Morgan fingerprint density at radius 2 is 1.97 bits per heavy atom. The van der Waals surface area contributed by atoms with Crippen LogP contribution in [0.4, 0.5) is 20.3 Å². The van der Waals surface area contributed by atoms with E-state index in [9.17, 15) is 9.65 Å². The number of nitrogen functional groups attached to an aromatic ring is 1. The number of nitrogens with two attached hydrogens (primary N) is 1. The lowest BCUT2D eigenvalue weighted by Gasteiger charge is -2.48. The molecule has 0 saturated carbocycles. The van der Waals surface area contributed by atoms with E-state index in [0.717, 1.165) is 16.8 Å². The molecule has 1 saturated heterocycles. The van der Waals surface area contributed by atoms with Crippen LogP contribution >= 0.6 is 11.6 Å².